The average molecular weight is 484 g/mol. The van der Waals surface area contributed by atoms with Crippen LogP contribution in [-0.4, -0.2) is 22.8 Å². The molecule has 0 aromatic carbocycles. The number of aromatic nitrogens is 1. The Labute approximate surface area is 209 Å². The summed E-state index contributed by atoms with van der Waals surface area (Å²) in [5.41, 5.74) is 2.00. The summed E-state index contributed by atoms with van der Waals surface area (Å²) < 4.78 is 6.29. The van der Waals surface area contributed by atoms with E-state index in [1.54, 1.807) is 11.3 Å². The van der Waals surface area contributed by atoms with Crippen molar-refractivity contribution in [2.24, 2.45) is 34.5 Å². The number of hydrogen-bond donors (Lipinski definition) is 0. The van der Waals surface area contributed by atoms with Crippen LogP contribution in [0.4, 0.5) is 0 Å². The van der Waals surface area contributed by atoms with E-state index >= 15 is 0 Å². The van der Waals surface area contributed by atoms with Crippen molar-refractivity contribution in [2.75, 3.05) is 0 Å². The normalized spacial score (nSPS) is 34.8. The fraction of sp³-hybridized carbons (Fsp3) is 0.690. The largest absolute Gasteiger partial charge is 0.453 e. The lowest BCUT2D eigenvalue weighted by molar-refractivity contribution is -0.136. The zero-order valence-electron chi connectivity index (χ0n) is 22.3. The van der Waals surface area contributed by atoms with Crippen molar-refractivity contribution in [1.29, 1.82) is 0 Å². The Morgan fingerprint density at radius 2 is 1.91 bits per heavy atom. The molecule has 6 atom stereocenters. The van der Waals surface area contributed by atoms with Crippen LogP contribution in [0.25, 0.3) is 0 Å². The Morgan fingerprint density at radius 1 is 1.24 bits per heavy atom. The van der Waals surface area contributed by atoms with E-state index in [-0.39, 0.29) is 35.1 Å². The number of ketones is 1. The monoisotopic (exact) mass is 483 g/mol. The van der Waals surface area contributed by atoms with Crippen molar-refractivity contribution in [3.8, 4) is 0 Å². The van der Waals surface area contributed by atoms with Gasteiger partial charge in [0.15, 0.2) is 11.5 Å². The molecule has 1 heterocycles. The van der Waals surface area contributed by atoms with Crippen molar-refractivity contribution >= 4 is 23.1 Å². The van der Waals surface area contributed by atoms with E-state index in [9.17, 15) is 9.59 Å². The molecule has 4 nitrogen and oxygen atoms in total. The molecule has 0 saturated heterocycles. The third-order valence-electron chi connectivity index (χ3n) is 9.14. The minimum atomic E-state index is -0.590. The fourth-order valence-corrected chi connectivity index (χ4v) is 7.76. The molecule has 1 fully saturated rings. The molecule has 2 unspecified atom stereocenters. The Bertz CT molecular complexity index is 1060. The number of allylic oxidation sites excluding steroid dienone is 3. The van der Waals surface area contributed by atoms with E-state index in [0.717, 1.165) is 34.7 Å². The topological polar surface area (TPSA) is 56.3 Å². The van der Waals surface area contributed by atoms with Crippen LogP contribution >= 0.6 is 11.3 Å². The standard InChI is InChI=1S/C29H41NO3S/c1-10-22-30-23(25(34-22)15(2)3)27(32)33-24-17(5)14-29-19(7)13-18(6)28(8,9)21(26(29)31)12-16(4)11-20(24)29/h12,14-15,18-21,24H,10-11,13H2,1-9H3/t18-,19?,20+,21+,24-,29?/m0/s1. The number of carbonyl (C=O) groups is 2. The fourth-order valence-electron chi connectivity index (χ4n) is 6.76. The van der Waals surface area contributed by atoms with Gasteiger partial charge in [0.25, 0.3) is 0 Å². The maximum atomic E-state index is 14.4. The minimum Gasteiger partial charge on any atom is -0.453 e. The molecular weight excluding hydrogens is 442 g/mol. The van der Waals surface area contributed by atoms with Crippen LogP contribution in [-0.2, 0) is 16.0 Å². The highest BCUT2D eigenvalue weighted by molar-refractivity contribution is 7.12. The molecule has 3 aliphatic carbocycles. The zero-order valence-corrected chi connectivity index (χ0v) is 23.1. The van der Waals surface area contributed by atoms with Gasteiger partial charge in [-0.1, -0.05) is 66.2 Å². The van der Waals surface area contributed by atoms with Gasteiger partial charge in [-0.25, -0.2) is 9.78 Å². The SMILES string of the molecule is CCc1nc(C(=O)O[C@H]2C(C)=CC34C(=O)[C@@H](C=C(C)C[C@H]23)C(C)(C)[C@@H](C)CC4C)c(C(C)C)s1. The number of Topliss-reactive ketones (excluding diaryl/α,β-unsaturated/α-hetero) is 1. The first-order chi connectivity index (χ1) is 15.8. The van der Waals surface area contributed by atoms with Crippen LogP contribution < -0.4 is 0 Å². The third kappa shape index (κ3) is 3.73. The molecule has 186 valence electrons. The Balaban J connectivity index is 1.75. The van der Waals surface area contributed by atoms with Crippen LogP contribution in [0, 0.1) is 34.5 Å². The molecule has 0 aliphatic heterocycles. The molecule has 2 bridgehead atoms. The summed E-state index contributed by atoms with van der Waals surface area (Å²) in [4.78, 5) is 33.5. The first-order valence-corrected chi connectivity index (χ1v) is 13.8. The average Bonchev–Trinajstić information content (AvgIpc) is 3.27. The number of rotatable bonds is 4. The predicted molar refractivity (Wildman–Crippen MR) is 138 cm³/mol. The molecule has 5 heteroatoms. The van der Waals surface area contributed by atoms with E-state index in [1.165, 1.54) is 5.57 Å². The van der Waals surface area contributed by atoms with Crippen LogP contribution in [0.15, 0.2) is 23.3 Å². The van der Waals surface area contributed by atoms with Crippen LogP contribution in [0.1, 0.15) is 101 Å². The summed E-state index contributed by atoms with van der Waals surface area (Å²) in [6.07, 6.45) is 6.59. The Kier molecular flexibility index (Phi) is 6.50. The van der Waals surface area contributed by atoms with E-state index < -0.39 is 11.5 Å². The molecule has 1 saturated carbocycles. The van der Waals surface area contributed by atoms with Crippen LogP contribution in [0.2, 0.25) is 0 Å². The molecule has 0 amide bonds. The number of ether oxygens (including phenoxy) is 1. The highest BCUT2D eigenvalue weighted by Crippen LogP contribution is 2.60. The van der Waals surface area contributed by atoms with E-state index in [0.29, 0.717) is 17.4 Å². The predicted octanol–water partition coefficient (Wildman–Crippen LogP) is 7.15. The van der Waals surface area contributed by atoms with Gasteiger partial charge in [-0.15, -0.1) is 11.3 Å². The van der Waals surface area contributed by atoms with Gasteiger partial charge in [0.05, 0.1) is 10.4 Å². The third-order valence-corrected chi connectivity index (χ3v) is 10.6. The maximum Gasteiger partial charge on any atom is 0.358 e. The second-order valence-electron chi connectivity index (χ2n) is 12.0. The molecule has 3 aliphatic rings. The van der Waals surface area contributed by atoms with Gasteiger partial charge in [0, 0.05) is 16.7 Å². The summed E-state index contributed by atoms with van der Waals surface area (Å²) >= 11 is 1.61. The van der Waals surface area contributed by atoms with E-state index in [4.69, 9.17) is 4.74 Å². The van der Waals surface area contributed by atoms with E-state index in [1.807, 2.05) is 6.92 Å². The van der Waals surface area contributed by atoms with Crippen molar-refractivity contribution in [3.63, 3.8) is 0 Å². The molecule has 0 radical (unpaired) electrons. The second-order valence-corrected chi connectivity index (χ2v) is 13.1. The first kappa shape index (κ1) is 25.3. The number of aryl methyl sites for hydroxylation is 1. The van der Waals surface area contributed by atoms with Crippen molar-refractivity contribution in [2.45, 2.75) is 93.6 Å². The lowest BCUT2D eigenvalue weighted by Gasteiger charge is -2.39. The quantitative estimate of drug-likeness (QED) is 0.337. The van der Waals surface area contributed by atoms with Crippen LogP contribution in [0.5, 0.6) is 0 Å². The maximum absolute atomic E-state index is 14.4. The first-order valence-electron chi connectivity index (χ1n) is 13.0. The minimum absolute atomic E-state index is 0.0620. The summed E-state index contributed by atoms with van der Waals surface area (Å²) in [6, 6.07) is 0. The number of nitrogens with zero attached hydrogens (tertiary/aromatic N) is 1. The molecule has 1 aromatic heterocycles. The van der Waals surface area contributed by atoms with Gasteiger partial charge in [0.1, 0.15) is 6.10 Å². The van der Waals surface area contributed by atoms with Gasteiger partial charge < -0.3 is 4.74 Å². The van der Waals surface area contributed by atoms with Crippen molar-refractivity contribution in [1.82, 2.24) is 4.98 Å². The highest BCUT2D eigenvalue weighted by Gasteiger charge is 2.62. The van der Waals surface area contributed by atoms with E-state index in [2.05, 4.69) is 72.5 Å². The molecular formula is C29H41NO3S. The summed E-state index contributed by atoms with van der Waals surface area (Å²) in [5.74, 6) is 0.618. The molecule has 1 aromatic rings. The number of thiazole rings is 1. The second kappa shape index (κ2) is 8.72. The zero-order chi connectivity index (χ0) is 25.2. The molecule has 1 spiro atoms. The number of esters is 1. The number of carbonyl (C=O) groups excluding carboxylic acids is 2. The lowest BCUT2D eigenvalue weighted by atomic mass is 9.63. The van der Waals surface area contributed by atoms with Gasteiger partial charge in [-0.05, 0) is 61.9 Å². The summed E-state index contributed by atoms with van der Waals surface area (Å²) in [5, 5.41) is 0.964. The van der Waals surface area contributed by atoms with Crippen LogP contribution in [0.3, 0.4) is 0 Å². The molecule has 4 rings (SSSR count). The smallest absolute Gasteiger partial charge is 0.358 e. The summed E-state index contributed by atoms with van der Waals surface area (Å²) in [7, 11) is 0. The van der Waals surface area contributed by atoms with Gasteiger partial charge in [0.2, 0.25) is 0 Å². The lowest BCUT2D eigenvalue weighted by Crippen LogP contribution is -2.46. The molecule has 34 heavy (non-hydrogen) atoms. The van der Waals surface area contributed by atoms with Gasteiger partial charge in [-0.2, -0.15) is 0 Å². The van der Waals surface area contributed by atoms with Crippen molar-refractivity contribution in [3.05, 3.63) is 38.9 Å². The van der Waals surface area contributed by atoms with Crippen molar-refractivity contribution < 1.29 is 14.3 Å². The van der Waals surface area contributed by atoms with Gasteiger partial charge >= 0.3 is 5.97 Å². The van der Waals surface area contributed by atoms with Gasteiger partial charge in [-0.3, -0.25) is 4.79 Å². The summed E-state index contributed by atoms with van der Waals surface area (Å²) in [6.45, 7) is 19.4. The Morgan fingerprint density at radius 3 is 2.53 bits per heavy atom. The number of hydrogen-bond acceptors (Lipinski definition) is 5. The number of fused-ring (bicyclic) bond motifs is 1. The highest BCUT2D eigenvalue weighted by atomic mass is 32.1. The molecule has 0 N–H and O–H groups in total. The Hall–Kier alpha value is -1.75.